The van der Waals surface area contributed by atoms with Crippen molar-refractivity contribution in [1.82, 2.24) is 10.2 Å². The van der Waals surface area contributed by atoms with Gasteiger partial charge in [0, 0.05) is 10.8 Å². The van der Waals surface area contributed by atoms with Crippen LogP contribution in [0.5, 0.6) is 0 Å². The number of nitriles is 1. The van der Waals surface area contributed by atoms with Crippen molar-refractivity contribution in [3.63, 3.8) is 0 Å². The van der Waals surface area contributed by atoms with E-state index in [2.05, 4.69) is 16.3 Å². The lowest BCUT2D eigenvalue weighted by Crippen LogP contribution is -1.89. The van der Waals surface area contributed by atoms with Gasteiger partial charge >= 0.3 is 0 Å². The molecule has 0 fully saturated rings. The lowest BCUT2D eigenvalue weighted by molar-refractivity contribution is 1.05. The second-order valence-corrected chi connectivity index (χ2v) is 5.21. The Morgan fingerprint density at radius 2 is 1.94 bits per heavy atom. The summed E-state index contributed by atoms with van der Waals surface area (Å²) in [5.74, 6) is 0. The minimum atomic E-state index is 0.631. The van der Waals surface area contributed by atoms with E-state index in [-0.39, 0.29) is 0 Å². The normalized spacial score (nSPS) is 10.4. The number of thiophene rings is 1. The number of benzene rings is 1. The predicted octanol–water partition coefficient (Wildman–Crippen LogP) is 3.89. The largest absolute Gasteiger partial charge is 0.267 e. The summed E-state index contributed by atoms with van der Waals surface area (Å²) in [7, 11) is 0. The number of nitrogens with one attached hydrogen (secondary N) is 1. The van der Waals surface area contributed by atoms with Gasteiger partial charge in [0.1, 0.15) is 21.3 Å². The Kier molecular flexibility index (Phi) is 2.67. The van der Waals surface area contributed by atoms with Crippen LogP contribution >= 0.6 is 23.6 Å². The van der Waals surface area contributed by atoms with Crippen LogP contribution in [-0.4, -0.2) is 10.2 Å². The number of H-pyrrole nitrogens is 1. The molecule has 18 heavy (non-hydrogen) atoms. The Labute approximate surface area is 112 Å². The molecule has 2 aromatic heterocycles. The minimum Gasteiger partial charge on any atom is -0.267 e. The first kappa shape index (κ1) is 11.1. The Bertz CT molecular complexity index is 824. The van der Waals surface area contributed by atoms with Crippen molar-refractivity contribution in [3.05, 3.63) is 45.9 Å². The Morgan fingerprint density at radius 3 is 2.67 bits per heavy atom. The van der Waals surface area contributed by atoms with E-state index in [0.717, 1.165) is 21.3 Å². The maximum absolute atomic E-state index is 8.87. The van der Waals surface area contributed by atoms with Crippen LogP contribution in [0.1, 0.15) is 4.88 Å². The third kappa shape index (κ3) is 1.72. The molecule has 0 bridgehead atoms. The fourth-order valence-corrected chi connectivity index (χ4v) is 2.86. The van der Waals surface area contributed by atoms with E-state index in [9.17, 15) is 0 Å². The second-order valence-electron chi connectivity index (χ2n) is 3.72. The lowest BCUT2D eigenvalue weighted by Gasteiger charge is -2.02. The number of nitrogens with zero attached hydrogens (tertiary/aromatic N) is 2. The highest BCUT2D eigenvalue weighted by Gasteiger charge is 2.09. The summed E-state index contributed by atoms with van der Waals surface area (Å²) >= 11 is 6.65. The smallest absolute Gasteiger partial charge is 0.127 e. The lowest BCUT2D eigenvalue weighted by atomic mass is 10.1. The summed E-state index contributed by atoms with van der Waals surface area (Å²) in [6.45, 7) is 0. The molecule has 0 aliphatic heterocycles. The molecule has 0 aliphatic carbocycles. The third-order valence-electron chi connectivity index (χ3n) is 2.65. The first-order chi connectivity index (χ1) is 8.79. The molecule has 0 saturated heterocycles. The van der Waals surface area contributed by atoms with Crippen LogP contribution in [0.15, 0.2) is 36.4 Å². The van der Waals surface area contributed by atoms with Crippen molar-refractivity contribution < 1.29 is 0 Å². The summed E-state index contributed by atoms with van der Waals surface area (Å²) in [5, 5.41) is 18.0. The van der Waals surface area contributed by atoms with E-state index in [1.54, 1.807) is 6.07 Å². The van der Waals surface area contributed by atoms with Gasteiger partial charge in [0.15, 0.2) is 0 Å². The topological polar surface area (TPSA) is 52.5 Å². The van der Waals surface area contributed by atoms with Gasteiger partial charge in [0.2, 0.25) is 0 Å². The summed E-state index contributed by atoms with van der Waals surface area (Å²) in [4.78, 5) is 1.65. The summed E-state index contributed by atoms with van der Waals surface area (Å²) in [6.07, 6.45) is 0. The van der Waals surface area contributed by atoms with Crippen LogP contribution in [0.2, 0.25) is 0 Å². The van der Waals surface area contributed by atoms with Gasteiger partial charge in [-0.05, 0) is 12.1 Å². The third-order valence-corrected chi connectivity index (χ3v) is 3.95. The van der Waals surface area contributed by atoms with Crippen molar-refractivity contribution in [2.24, 2.45) is 0 Å². The molecule has 1 aromatic carbocycles. The molecule has 0 spiro atoms. The standard InChI is InChI=1S/C13H7N3S2/c14-7-8-5-6-11(18-8)12-9-3-1-2-4-10(9)13(17)16-15-12/h1-6H,(H,16,17). The van der Waals surface area contributed by atoms with Gasteiger partial charge in [-0.1, -0.05) is 36.5 Å². The summed E-state index contributed by atoms with van der Waals surface area (Å²) < 4.78 is 0.631. The van der Waals surface area contributed by atoms with Gasteiger partial charge in [-0.25, -0.2) is 0 Å². The highest BCUT2D eigenvalue weighted by atomic mass is 32.1. The molecule has 0 saturated carbocycles. The zero-order chi connectivity index (χ0) is 12.5. The van der Waals surface area contributed by atoms with Gasteiger partial charge in [-0.15, -0.1) is 11.3 Å². The number of rotatable bonds is 1. The molecular formula is C13H7N3S2. The molecule has 1 N–H and O–H groups in total. The maximum atomic E-state index is 8.87. The van der Waals surface area contributed by atoms with Gasteiger partial charge in [-0.2, -0.15) is 10.4 Å². The van der Waals surface area contributed by atoms with Crippen LogP contribution in [0.25, 0.3) is 21.3 Å². The predicted molar refractivity (Wildman–Crippen MR) is 75.0 cm³/mol. The van der Waals surface area contributed by atoms with E-state index < -0.39 is 0 Å². The summed E-state index contributed by atoms with van der Waals surface area (Å²) in [6, 6.07) is 13.7. The minimum absolute atomic E-state index is 0.631. The average Bonchev–Trinajstić information content (AvgIpc) is 2.88. The van der Waals surface area contributed by atoms with Crippen molar-refractivity contribution in [1.29, 1.82) is 5.26 Å². The highest BCUT2D eigenvalue weighted by Crippen LogP contribution is 2.31. The van der Waals surface area contributed by atoms with E-state index in [1.807, 2.05) is 30.3 Å². The molecule has 5 heteroatoms. The number of aromatic amines is 1. The van der Waals surface area contributed by atoms with Crippen LogP contribution < -0.4 is 0 Å². The average molecular weight is 269 g/mol. The Hall–Kier alpha value is -2.03. The van der Waals surface area contributed by atoms with Gasteiger partial charge in [-0.3, -0.25) is 5.10 Å². The monoisotopic (exact) mass is 269 g/mol. The molecule has 0 unspecified atom stereocenters. The zero-order valence-electron chi connectivity index (χ0n) is 9.18. The molecule has 3 aromatic rings. The molecular weight excluding hydrogens is 262 g/mol. The van der Waals surface area contributed by atoms with E-state index in [1.165, 1.54) is 11.3 Å². The molecule has 2 heterocycles. The first-order valence-electron chi connectivity index (χ1n) is 5.27. The quantitative estimate of drug-likeness (QED) is 0.682. The van der Waals surface area contributed by atoms with Crippen molar-refractivity contribution in [2.75, 3.05) is 0 Å². The second kappa shape index (κ2) is 4.33. The van der Waals surface area contributed by atoms with Crippen LogP contribution in [0.4, 0.5) is 0 Å². The molecule has 3 nitrogen and oxygen atoms in total. The molecule has 86 valence electrons. The molecule has 0 atom stereocenters. The zero-order valence-corrected chi connectivity index (χ0v) is 10.8. The maximum Gasteiger partial charge on any atom is 0.127 e. The van der Waals surface area contributed by atoms with E-state index >= 15 is 0 Å². The Morgan fingerprint density at radius 1 is 1.17 bits per heavy atom. The van der Waals surface area contributed by atoms with Gasteiger partial charge in [0.25, 0.3) is 0 Å². The highest BCUT2D eigenvalue weighted by molar-refractivity contribution is 7.71. The Balaban J connectivity index is 2.33. The van der Waals surface area contributed by atoms with E-state index in [4.69, 9.17) is 17.5 Å². The summed E-state index contributed by atoms with van der Waals surface area (Å²) in [5.41, 5.74) is 0.839. The SMILES string of the molecule is N#Cc1ccc(-c2n[nH]c(=S)c3ccccc23)s1. The van der Waals surface area contributed by atoms with Crippen molar-refractivity contribution >= 4 is 34.3 Å². The van der Waals surface area contributed by atoms with Gasteiger partial charge < -0.3 is 0 Å². The van der Waals surface area contributed by atoms with Crippen LogP contribution in [-0.2, 0) is 0 Å². The fraction of sp³-hybridized carbons (Fsp3) is 0. The van der Waals surface area contributed by atoms with Crippen LogP contribution in [0, 0.1) is 16.0 Å². The number of aromatic nitrogens is 2. The number of hydrogen-bond acceptors (Lipinski definition) is 4. The van der Waals surface area contributed by atoms with E-state index in [0.29, 0.717) is 9.52 Å². The molecule has 0 radical (unpaired) electrons. The van der Waals surface area contributed by atoms with Gasteiger partial charge in [0.05, 0.1) is 4.88 Å². The fourth-order valence-electron chi connectivity index (χ4n) is 1.83. The first-order valence-corrected chi connectivity index (χ1v) is 6.50. The number of fused-ring (bicyclic) bond motifs is 1. The molecule has 3 rings (SSSR count). The van der Waals surface area contributed by atoms with Crippen LogP contribution in [0.3, 0.4) is 0 Å². The molecule has 0 amide bonds. The number of hydrogen-bond donors (Lipinski definition) is 1. The van der Waals surface area contributed by atoms with Crippen molar-refractivity contribution in [2.45, 2.75) is 0 Å². The molecule has 0 aliphatic rings. The van der Waals surface area contributed by atoms with Crippen molar-refractivity contribution in [3.8, 4) is 16.6 Å².